The molecule has 0 N–H and O–H groups in total. The van der Waals surface area contributed by atoms with E-state index in [1.165, 1.54) is 21.0 Å². The van der Waals surface area contributed by atoms with Gasteiger partial charge >= 0.3 is 17.9 Å². The van der Waals surface area contributed by atoms with E-state index in [1.54, 1.807) is 0 Å². The molecular weight excluding hydrogens is 460 g/mol. The van der Waals surface area contributed by atoms with Crippen molar-refractivity contribution in [2.45, 2.75) is 98.2 Å². The molecule has 7 nitrogen and oxygen atoms in total. The largest absolute Gasteiger partial charge is 0.469 e. The van der Waals surface area contributed by atoms with Crippen molar-refractivity contribution in [3.63, 3.8) is 0 Å². The van der Waals surface area contributed by atoms with E-state index in [0.717, 1.165) is 44.1 Å². The molecule has 0 amide bonds. The average molecular weight is 503 g/mol. The Morgan fingerprint density at radius 2 is 1.75 bits per heavy atom. The Morgan fingerprint density at radius 3 is 2.39 bits per heavy atom. The van der Waals surface area contributed by atoms with Crippen molar-refractivity contribution in [1.29, 1.82) is 0 Å². The second-order valence-electron chi connectivity index (χ2n) is 12.2. The van der Waals surface area contributed by atoms with Crippen LogP contribution in [0.2, 0.25) is 0 Å². The molecule has 0 aromatic rings. The van der Waals surface area contributed by atoms with E-state index in [9.17, 15) is 19.2 Å². The zero-order chi connectivity index (χ0) is 26.4. The van der Waals surface area contributed by atoms with Gasteiger partial charge in [0.2, 0.25) is 0 Å². The predicted molar refractivity (Wildman–Crippen MR) is 132 cm³/mol. The van der Waals surface area contributed by atoms with Gasteiger partial charge in [-0.25, -0.2) is 0 Å². The van der Waals surface area contributed by atoms with Gasteiger partial charge in [-0.2, -0.15) is 0 Å². The summed E-state index contributed by atoms with van der Waals surface area (Å²) in [5, 5.41) is 0. The van der Waals surface area contributed by atoms with Crippen LogP contribution in [-0.2, 0) is 33.4 Å². The van der Waals surface area contributed by atoms with Gasteiger partial charge < -0.3 is 14.2 Å². The fourth-order valence-corrected chi connectivity index (χ4v) is 8.49. The number of allylic oxidation sites excluding steroid dienone is 1. The Bertz CT molecular complexity index is 953. The monoisotopic (exact) mass is 502 g/mol. The van der Waals surface area contributed by atoms with E-state index in [-0.39, 0.29) is 70.9 Å². The van der Waals surface area contributed by atoms with Crippen molar-refractivity contribution in [3.05, 3.63) is 11.6 Å². The van der Waals surface area contributed by atoms with Crippen LogP contribution in [0.15, 0.2) is 11.6 Å². The lowest BCUT2D eigenvalue weighted by atomic mass is 9.47. The normalized spacial score (nSPS) is 40.2. The third-order valence-electron chi connectivity index (χ3n) is 10.3. The minimum absolute atomic E-state index is 0.0148. The van der Waals surface area contributed by atoms with Crippen LogP contribution in [-0.4, -0.2) is 43.0 Å². The number of ketones is 1. The molecule has 0 aromatic heterocycles. The maximum atomic E-state index is 14.0. The molecule has 36 heavy (non-hydrogen) atoms. The summed E-state index contributed by atoms with van der Waals surface area (Å²) in [6.07, 6.45) is 7.43. The zero-order valence-electron chi connectivity index (χ0n) is 22.6. The number of fused-ring (bicyclic) bond motifs is 5. The summed E-state index contributed by atoms with van der Waals surface area (Å²) in [5.41, 5.74) is 0.422. The molecule has 0 heterocycles. The summed E-state index contributed by atoms with van der Waals surface area (Å²) < 4.78 is 16.4. The third-order valence-corrected chi connectivity index (χ3v) is 10.3. The molecule has 0 bridgehead atoms. The van der Waals surface area contributed by atoms with Crippen LogP contribution in [0.3, 0.4) is 0 Å². The molecule has 4 aliphatic carbocycles. The van der Waals surface area contributed by atoms with E-state index in [4.69, 9.17) is 14.2 Å². The zero-order valence-corrected chi connectivity index (χ0v) is 22.6. The van der Waals surface area contributed by atoms with Gasteiger partial charge in [-0.3, -0.25) is 19.2 Å². The minimum Gasteiger partial charge on any atom is -0.469 e. The molecule has 4 aliphatic rings. The van der Waals surface area contributed by atoms with E-state index < -0.39 is 5.41 Å². The summed E-state index contributed by atoms with van der Waals surface area (Å²) in [7, 11) is 1.41. The molecule has 4 rings (SSSR count). The SMILES string of the molecule is COC(=O)CC[C@H](C)[C@@H]1CC[C@@H]2[C@@H]3C(=CC(=O)[C@@]21C)[C@@]1(C)CC[C@@H](OC(C)=O)C[C@H]1C[C@H]3OC(C)=O. The van der Waals surface area contributed by atoms with Gasteiger partial charge in [0, 0.05) is 31.6 Å². The Morgan fingerprint density at radius 1 is 1.06 bits per heavy atom. The Kier molecular flexibility index (Phi) is 7.42. The first-order valence-corrected chi connectivity index (χ1v) is 13.6. The first kappa shape index (κ1) is 26.9. The maximum Gasteiger partial charge on any atom is 0.305 e. The summed E-state index contributed by atoms with van der Waals surface area (Å²) in [6, 6.07) is 0. The highest BCUT2D eigenvalue weighted by molar-refractivity contribution is 5.97. The lowest BCUT2D eigenvalue weighted by molar-refractivity contribution is -0.162. The number of ether oxygens (including phenoxy) is 3. The highest BCUT2D eigenvalue weighted by Crippen LogP contribution is 2.66. The van der Waals surface area contributed by atoms with Crippen LogP contribution in [0, 0.1) is 40.4 Å². The molecule has 0 aromatic carbocycles. The molecule has 3 fully saturated rings. The first-order valence-electron chi connectivity index (χ1n) is 13.6. The van der Waals surface area contributed by atoms with Crippen molar-refractivity contribution >= 4 is 23.7 Å². The number of esters is 3. The standard InChI is InChI=1S/C29H42O7/c1-16(7-10-26(33)34-6)21-8-9-22-27-23(15-25(32)29(21,22)5)28(4)12-11-20(35-17(2)30)13-19(28)14-24(27)36-18(3)31/h15-16,19-22,24,27H,7-14H2,1-6H3/t16-,19-,20+,21-,22+,24+,27+,28-,29+/m0/s1. The fourth-order valence-electron chi connectivity index (χ4n) is 8.49. The van der Waals surface area contributed by atoms with Crippen LogP contribution in [0.25, 0.3) is 0 Å². The summed E-state index contributed by atoms with van der Waals surface area (Å²) in [6.45, 7) is 9.41. The predicted octanol–water partition coefficient (Wildman–Crippen LogP) is 4.81. The van der Waals surface area contributed by atoms with Crippen molar-refractivity contribution in [2.75, 3.05) is 7.11 Å². The maximum absolute atomic E-state index is 14.0. The number of rotatable bonds is 6. The highest BCUT2D eigenvalue weighted by Gasteiger charge is 2.64. The summed E-state index contributed by atoms with van der Waals surface area (Å²) >= 11 is 0. The number of methoxy groups -OCH3 is 1. The van der Waals surface area contributed by atoms with Crippen molar-refractivity contribution in [1.82, 2.24) is 0 Å². The molecule has 0 aliphatic heterocycles. The van der Waals surface area contributed by atoms with E-state index >= 15 is 0 Å². The van der Waals surface area contributed by atoms with Gasteiger partial charge in [0.05, 0.1) is 7.11 Å². The number of carbonyl (C=O) groups is 4. The van der Waals surface area contributed by atoms with Gasteiger partial charge in [0.1, 0.15) is 12.2 Å². The molecule has 0 radical (unpaired) electrons. The van der Waals surface area contributed by atoms with Crippen molar-refractivity contribution in [2.24, 2.45) is 40.4 Å². The molecule has 9 atom stereocenters. The molecule has 0 unspecified atom stereocenters. The Hall–Kier alpha value is -2.18. The lowest BCUT2D eigenvalue weighted by Crippen LogP contribution is -2.57. The van der Waals surface area contributed by atoms with Crippen LogP contribution in [0.4, 0.5) is 0 Å². The van der Waals surface area contributed by atoms with E-state index in [2.05, 4.69) is 20.8 Å². The van der Waals surface area contributed by atoms with Crippen LogP contribution < -0.4 is 0 Å². The van der Waals surface area contributed by atoms with E-state index in [0.29, 0.717) is 12.8 Å². The molecule has 7 heteroatoms. The Balaban J connectivity index is 1.67. The van der Waals surface area contributed by atoms with Gasteiger partial charge in [-0.1, -0.05) is 26.3 Å². The average Bonchev–Trinajstić information content (AvgIpc) is 3.16. The van der Waals surface area contributed by atoms with Crippen LogP contribution in [0.5, 0.6) is 0 Å². The fraction of sp³-hybridized carbons (Fsp3) is 0.793. The minimum atomic E-state index is -0.541. The number of hydrogen-bond donors (Lipinski definition) is 0. The highest BCUT2D eigenvalue weighted by atomic mass is 16.5. The molecule has 200 valence electrons. The molecule has 0 saturated heterocycles. The second-order valence-corrected chi connectivity index (χ2v) is 12.2. The molecule has 3 saturated carbocycles. The van der Waals surface area contributed by atoms with Crippen molar-refractivity contribution in [3.8, 4) is 0 Å². The van der Waals surface area contributed by atoms with Gasteiger partial charge in [0.15, 0.2) is 5.78 Å². The van der Waals surface area contributed by atoms with Crippen LogP contribution in [0.1, 0.15) is 86.0 Å². The van der Waals surface area contributed by atoms with Crippen LogP contribution >= 0.6 is 0 Å². The smallest absolute Gasteiger partial charge is 0.305 e. The Labute approximate surface area is 214 Å². The molecule has 0 spiro atoms. The third kappa shape index (κ3) is 4.51. The second kappa shape index (κ2) is 9.94. The van der Waals surface area contributed by atoms with Crippen molar-refractivity contribution < 1.29 is 33.4 Å². The van der Waals surface area contributed by atoms with Gasteiger partial charge in [-0.15, -0.1) is 0 Å². The van der Waals surface area contributed by atoms with E-state index in [1.807, 2.05) is 6.08 Å². The lowest BCUT2D eigenvalue weighted by Gasteiger charge is -2.58. The van der Waals surface area contributed by atoms with Gasteiger partial charge in [-0.05, 0) is 80.1 Å². The van der Waals surface area contributed by atoms with Gasteiger partial charge in [0.25, 0.3) is 0 Å². The quantitative estimate of drug-likeness (QED) is 0.380. The summed E-state index contributed by atoms with van der Waals surface area (Å²) in [4.78, 5) is 49.5. The number of carbonyl (C=O) groups excluding carboxylic acids is 4. The summed E-state index contributed by atoms with van der Waals surface area (Å²) in [5.74, 6) is 0.0587. The topological polar surface area (TPSA) is 96.0 Å². The molecular formula is C29H42O7. The first-order chi connectivity index (χ1) is 16.9. The number of hydrogen-bond acceptors (Lipinski definition) is 7.